The van der Waals surface area contributed by atoms with Gasteiger partial charge in [-0.2, -0.15) is 11.8 Å². The summed E-state index contributed by atoms with van der Waals surface area (Å²) >= 11 is 1.78. The third kappa shape index (κ3) is 12.4. The molecule has 1 aromatic rings. The minimum Gasteiger partial charge on any atom is -0.469 e. The molecule has 0 saturated heterocycles. The minimum atomic E-state index is -0.155. The summed E-state index contributed by atoms with van der Waals surface area (Å²) in [6.07, 6.45) is 13.8. The van der Waals surface area contributed by atoms with Gasteiger partial charge in [-0.3, -0.25) is 9.78 Å². The normalized spacial score (nSPS) is 13.1. The lowest BCUT2D eigenvalue weighted by atomic mass is 10.1. The number of allylic oxidation sites excluding steroid dienone is 5. The van der Waals surface area contributed by atoms with E-state index in [1.165, 1.54) is 23.8 Å². The van der Waals surface area contributed by atoms with Crippen LogP contribution in [0.5, 0.6) is 0 Å². The van der Waals surface area contributed by atoms with Crippen LogP contribution in [0.15, 0.2) is 59.3 Å². The molecule has 0 aliphatic carbocycles. The standard InChI is InChI=1S/C25H37NO2S/c1-20(2)10-8-11-21(3)12-9-13-22(4)15-17-29-19-23(25(27)28-5)18-24-14-6-7-16-26-24/h6-7,10,12,14-16,23H,8-9,11,13,17-19H2,1-5H3/b21-12+,22-15+. The maximum atomic E-state index is 12.1. The molecule has 0 aliphatic heterocycles. The van der Waals surface area contributed by atoms with E-state index in [-0.39, 0.29) is 11.9 Å². The Balaban J connectivity index is 2.36. The Bertz CT molecular complexity index is 688. The number of esters is 1. The average molecular weight is 416 g/mol. The number of aromatic nitrogens is 1. The SMILES string of the molecule is COC(=O)C(CSC/C=C(\C)CC/C=C(\C)CCC=C(C)C)Cc1ccccn1. The molecular weight excluding hydrogens is 378 g/mol. The van der Waals surface area contributed by atoms with E-state index in [4.69, 9.17) is 4.74 Å². The van der Waals surface area contributed by atoms with Crippen LogP contribution in [0.1, 0.15) is 59.1 Å². The Morgan fingerprint density at radius 1 is 1.07 bits per heavy atom. The number of hydrogen-bond acceptors (Lipinski definition) is 4. The first-order chi connectivity index (χ1) is 13.9. The van der Waals surface area contributed by atoms with E-state index in [1.807, 2.05) is 18.2 Å². The van der Waals surface area contributed by atoms with Crippen molar-refractivity contribution in [1.82, 2.24) is 4.98 Å². The second-order valence-corrected chi connectivity index (χ2v) is 8.82. The highest BCUT2D eigenvalue weighted by Gasteiger charge is 2.20. The van der Waals surface area contributed by atoms with Gasteiger partial charge >= 0.3 is 5.97 Å². The minimum absolute atomic E-state index is 0.153. The summed E-state index contributed by atoms with van der Waals surface area (Å²) in [4.78, 5) is 16.4. The Labute approximate surface area is 181 Å². The molecule has 4 heteroatoms. The van der Waals surface area contributed by atoms with Crippen molar-refractivity contribution < 1.29 is 9.53 Å². The van der Waals surface area contributed by atoms with Gasteiger partial charge in [-0.1, -0.05) is 41.0 Å². The van der Waals surface area contributed by atoms with Crippen LogP contribution in [0.4, 0.5) is 0 Å². The number of thioether (sulfide) groups is 1. The van der Waals surface area contributed by atoms with Gasteiger partial charge in [-0.25, -0.2) is 0 Å². The first-order valence-corrected chi connectivity index (χ1v) is 11.6. The monoisotopic (exact) mass is 415 g/mol. The number of rotatable bonds is 13. The van der Waals surface area contributed by atoms with Crippen molar-refractivity contribution in [3.05, 3.63) is 65.0 Å². The Morgan fingerprint density at radius 2 is 1.76 bits per heavy atom. The summed E-state index contributed by atoms with van der Waals surface area (Å²) in [6, 6.07) is 5.80. The topological polar surface area (TPSA) is 39.2 Å². The van der Waals surface area contributed by atoms with E-state index in [1.54, 1.807) is 18.0 Å². The largest absolute Gasteiger partial charge is 0.469 e. The first kappa shape index (κ1) is 25.2. The fourth-order valence-corrected chi connectivity index (χ4v) is 3.98. The van der Waals surface area contributed by atoms with Gasteiger partial charge in [0, 0.05) is 29.8 Å². The van der Waals surface area contributed by atoms with Crippen LogP contribution in [0.3, 0.4) is 0 Å². The molecule has 0 fully saturated rings. The van der Waals surface area contributed by atoms with Crippen molar-refractivity contribution in [3.63, 3.8) is 0 Å². The number of hydrogen-bond donors (Lipinski definition) is 0. The van der Waals surface area contributed by atoms with E-state index < -0.39 is 0 Å². The lowest BCUT2D eigenvalue weighted by molar-refractivity contribution is -0.144. The van der Waals surface area contributed by atoms with Gasteiger partial charge in [0.15, 0.2) is 0 Å². The van der Waals surface area contributed by atoms with E-state index in [9.17, 15) is 4.79 Å². The van der Waals surface area contributed by atoms with E-state index in [0.717, 1.165) is 42.9 Å². The maximum absolute atomic E-state index is 12.1. The van der Waals surface area contributed by atoms with Crippen LogP contribution in [-0.2, 0) is 16.0 Å². The molecule has 1 atom stereocenters. The number of ether oxygens (including phenoxy) is 1. The zero-order valence-electron chi connectivity index (χ0n) is 18.7. The van der Waals surface area contributed by atoms with Crippen molar-refractivity contribution in [3.8, 4) is 0 Å². The number of methoxy groups -OCH3 is 1. The molecular formula is C25H37NO2S. The van der Waals surface area contributed by atoms with Crippen LogP contribution >= 0.6 is 11.8 Å². The van der Waals surface area contributed by atoms with Gasteiger partial charge in [0.1, 0.15) is 0 Å². The van der Waals surface area contributed by atoms with Crippen molar-refractivity contribution in [2.45, 2.75) is 59.8 Å². The molecule has 0 radical (unpaired) electrons. The lowest BCUT2D eigenvalue weighted by Gasteiger charge is -2.13. The van der Waals surface area contributed by atoms with Gasteiger partial charge < -0.3 is 4.74 Å². The summed E-state index contributed by atoms with van der Waals surface area (Å²) < 4.78 is 4.97. The molecule has 29 heavy (non-hydrogen) atoms. The van der Waals surface area contributed by atoms with Crippen LogP contribution in [0.2, 0.25) is 0 Å². The average Bonchev–Trinajstić information content (AvgIpc) is 2.70. The summed E-state index contributed by atoms with van der Waals surface area (Å²) in [7, 11) is 1.46. The quantitative estimate of drug-likeness (QED) is 0.208. The van der Waals surface area contributed by atoms with Crippen LogP contribution in [-0.4, -0.2) is 29.6 Å². The molecule has 1 unspecified atom stereocenters. The van der Waals surface area contributed by atoms with Crippen LogP contribution in [0, 0.1) is 5.92 Å². The molecule has 0 amide bonds. The molecule has 1 heterocycles. The fourth-order valence-electron chi connectivity index (χ4n) is 2.90. The summed E-state index contributed by atoms with van der Waals surface area (Å²) in [5, 5.41) is 0. The van der Waals surface area contributed by atoms with Gasteiger partial charge in [-0.05, 0) is 65.5 Å². The molecule has 0 saturated carbocycles. The van der Waals surface area contributed by atoms with Crippen molar-refractivity contribution in [2.24, 2.45) is 5.92 Å². The Hall–Kier alpha value is -1.81. The molecule has 0 N–H and O–H groups in total. The van der Waals surface area contributed by atoms with E-state index in [0.29, 0.717) is 6.42 Å². The summed E-state index contributed by atoms with van der Waals surface area (Å²) in [5.74, 6) is 1.36. The molecule has 0 bridgehead atoms. The lowest BCUT2D eigenvalue weighted by Crippen LogP contribution is -2.21. The summed E-state index contributed by atoms with van der Waals surface area (Å²) in [6.45, 7) is 8.72. The molecule has 1 aromatic heterocycles. The van der Waals surface area contributed by atoms with Gasteiger partial charge in [0.2, 0.25) is 0 Å². The summed E-state index contributed by atoms with van der Waals surface area (Å²) in [5.41, 5.74) is 5.20. The van der Waals surface area contributed by atoms with E-state index >= 15 is 0 Å². The molecule has 0 spiro atoms. The highest BCUT2D eigenvalue weighted by molar-refractivity contribution is 7.99. The molecule has 1 rings (SSSR count). The third-order valence-corrected chi connectivity index (χ3v) is 5.75. The second-order valence-electron chi connectivity index (χ2n) is 7.74. The maximum Gasteiger partial charge on any atom is 0.309 e. The van der Waals surface area contributed by atoms with Crippen molar-refractivity contribution in [1.29, 1.82) is 0 Å². The second kappa shape index (κ2) is 15.1. The molecule has 0 aliphatic rings. The van der Waals surface area contributed by atoms with E-state index in [2.05, 4.69) is 50.9 Å². The van der Waals surface area contributed by atoms with Gasteiger partial charge in [0.25, 0.3) is 0 Å². The molecule has 160 valence electrons. The number of nitrogens with zero attached hydrogens (tertiary/aromatic N) is 1. The zero-order chi connectivity index (χ0) is 21.5. The smallest absolute Gasteiger partial charge is 0.309 e. The van der Waals surface area contributed by atoms with Crippen LogP contribution < -0.4 is 0 Å². The Kier molecular flexibility index (Phi) is 13.1. The van der Waals surface area contributed by atoms with Crippen LogP contribution in [0.25, 0.3) is 0 Å². The molecule has 0 aromatic carbocycles. The van der Waals surface area contributed by atoms with Crippen molar-refractivity contribution >= 4 is 17.7 Å². The van der Waals surface area contributed by atoms with Gasteiger partial charge in [-0.15, -0.1) is 0 Å². The highest BCUT2D eigenvalue weighted by atomic mass is 32.2. The fraction of sp³-hybridized carbons (Fsp3) is 0.520. The predicted molar refractivity (Wildman–Crippen MR) is 126 cm³/mol. The highest BCUT2D eigenvalue weighted by Crippen LogP contribution is 2.17. The number of pyridine rings is 1. The predicted octanol–water partition coefficient (Wildman–Crippen LogP) is 6.57. The van der Waals surface area contributed by atoms with Crippen molar-refractivity contribution in [2.75, 3.05) is 18.6 Å². The Morgan fingerprint density at radius 3 is 2.38 bits per heavy atom. The number of carbonyl (C=O) groups excluding carboxylic acids is 1. The van der Waals surface area contributed by atoms with Gasteiger partial charge in [0.05, 0.1) is 13.0 Å². The third-order valence-electron chi connectivity index (χ3n) is 4.71. The zero-order valence-corrected chi connectivity index (χ0v) is 19.6. The first-order valence-electron chi connectivity index (χ1n) is 10.4. The number of carbonyl (C=O) groups is 1. The molecule has 3 nitrogen and oxygen atoms in total.